The molecule has 4 nitrogen and oxygen atoms in total. The largest absolute Gasteiger partial charge is 0.456 e. The van der Waals surface area contributed by atoms with E-state index in [2.05, 4.69) is 177 Å². The summed E-state index contributed by atoms with van der Waals surface area (Å²) in [5.41, 5.74) is 19.2. The van der Waals surface area contributed by atoms with Crippen molar-refractivity contribution in [3.8, 4) is 11.1 Å². The summed E-state index contributed by atoms with van der Waals surface area (Å²) >= 11 is 0. The standard InChI is InChI=1S/C57H41NO3/c1-57(2)48-32-31-46-43-13-5-8-20-52(43)61-56(46)53(48)47-30-29-38(33-49(47)57)58(36-25-21-34(22-26-36)39-14-9-16-44-41-11-3-6-18-50(41)59-54(39)44)37-27-23-35(24-28-37)40-15-10-17-45-42-12-4-7-19-51(42)60-55(40)45/h3-9,11-16,18-21,23-25,27-33H,10,17,22,26H2,1-2H3. The van der Waals surface area contributed by atoms with E-state index >= 15 is 0 Å². The molecule has 0 saturated heterocycles. The minimum absolute atomic E-state index is 0.222. The summed E-state index contributed by atoms with van der Waals surface area (Å²) in [4.78, 5) is 2.47. The summed E-state index contributed by atoms with van der Waals surface area (Å²) in [6.45, 7) is 4.71. The Morgan fingerprint density at radius 1 is 0.508 bits per heavy atom. The molecule has 10 aromatic rings. The van der Waals surface area contributed by atoms with Crippen LogP contribution in [0.25, 0.3) is 77.1 Å². The van der Waals surface area contributed by atoms with E-state index in [1.54, 1.807) is 0 Å². The van der Waals surface area contributed by atoms with Crippen LogP contribution in [0.3, 0.4) is 0 Å². The topological polar surface area (TPSA) is 42.7 Å². The van der Waals surface area contributed by atoms with E-state index in [9.17, 15) is 0 Å². The smallest absolute Gasteiger partial charge is 0.143 e. The third kappa shape index (κ3) is 5.06. The zero-order valence-electron chi connectivity index (χ0n) is 34.1. The van der Waals surface area contributed by atoms with Crippen molar-refractivity contribution in [2.45, 2.75) is 44.9 Å². The first-order valence-electron chi connectivity index (χ1n) is 21.5. The van der Waals surface area contributed by atoms with Crippen molar-refractivity contribution in [3.05, 3.63) is 203 Å². The Morgan fingerprint density at radius 2 is 1.18 bits per heavy atom. The van der Waals surface area contributed by atoms with Crippen LogP contribution in [0.5, 0.6) is 0 Å². The molecule has 0 atom stereocenters. The maximum atomic E-state index is 6.63. The molecule has 0 bridgehead atoms. The van der Waals surface area contributed by atoms with E-state index in [1.807, 2.05) is 6.07 Å². The van der Waals surface area contributed by atoms with Crippen LogP contribution in [0.4, 0.5) is 11.4 Å². The lowest BCUT2D eigenvalue weighted by atomic mass is 9.82. The lowest BCUT2D eigenvalue weighted by Gasteiger charge is -2.31. The molecule has 0 unspecified atom stereocenters. The van der Waals surface area contributed by atoms with Crippen molar-refractivity contribution in [2.75, 3.05) is 4.90 Å². The zero-order chi connectivity index (χ0) is 40.4. The van der Waals surface area contributed by atoms with Crippen molar-refractivity contribution < 1.29 is 13.3 Å². The fourth-order valence-electron chi connectivity index (χ4n) is 10.7. The van der Waals surface area contributed by atoms with Gasteiger partial charge in [0.2, 0.25) is 0 Å². The predicted octanol–water partition coefficient (Wildman–Crippen LogP) is 15.8. The molecule has 4 heteroatoms. The molecule has 0 amide bonds. The molecule has 3 aliphatic carbocycles. The van der Waals surface area contributed by atoms with Gasteiger partial charge < -0.3 is 18.2 Å². The van der Waals surface area contributed by atoms with Crippen molar-refractivity contribution in [1.29, 1.82) is 0 Å². The SMILES string of the molecule is CC1(C)c2cc(N(C3=CC=C(c4cccc5c4oc4ccccc45)CC3)c3ccc(C4=CCCc5c4oc4ccccc54)cc3)ccc2-c2c1ccc1c2oc2ccccc21. The number of para-hydroxylation sites is 4. The van der Waals surface area contributed by atoms with Crippen molar-refractivity contribution in [1.82, 2.24) is 0 Å². The van der Waals surface area contributed by atoms with Crippen LogP contribution in [0.2, 0.25) is 0 Å². The molecule has 0 radical (unpaired) electrons. The molecule has 3 aliphatic rings. The summed E-state index contributed by atoms with van der Waals surface area (Å²) in [6.07, 6.45) is 10.7. The highest BCUT2D eigenvalue weighted by molar-refractivity contribution is 6.12. The molecule has 61 heavy (non-hydrogen) atoms. The first kappa shape index (κ1) is 34.6. The molecule has 3 heterocycles. The maximum absolute atomic E-state index is 6.63. The lowest BCUT2D eigenvalue weighted by molar-refractivity contribution is 0.591. The lowest BCUT2D eigenvalue weighted by Crippen LogP contribution is -2.20. The van der Waals surface area contributed by atoms with Crippen LogP contribution in [-0.2, 0) is 11.8 Å². The number of furan rings is 3. The number of aryl methyl sites for hydroxylation is 1. The summed E-state index contributed by atoms with van der Waals surface area (Å²) in [7, 11) is 0. The van der Waals surface area contributed by atoms with Gasteiger partial charge in [0.05, 0.1) is 0 Å². The third-order valence-electron chi connectivity index (χ3n) is 13.7. The van der Waals surface area contributed by atoms with E-state index in [0.29, 0.717) is 0 Å². The number of benzene rings is 7. The molecule has 0 saturated carbocycles. The van der Waals surface area contributed by atoms with Gasteiger partial charge >= 0.3 is 0 Å². The van der Waals surface area contributed by atoms with Crippen LogP contribution in [0.15, 0.2) is 183 Å². The first-order valence-corrected chi connectivity index (χ1v) is 21.5. The quantitative estimate of drug-likeness (QED) is 0.174. The van der Waals surface area contributed by atoms with Gasteiger partial charge in [-0.15, -0.1) is 0 Å². The number of hydrogen-bond donors (Lipinski definition) is 0. The van der Waals surface area contributed by atoms with Gasteiger partial charge in [0.25, 0.3) is 0 Å². The molecule has 0 fully saturated rings. The number of nitrogens with zero attached hydrogens (tertiary/aromatic N) is 1. The second-order valence-electron chi connectivity index (χ2n) is 17.4. The number of allylic oxidation sites excluding steroid dienone is 5. The number of fused-ring (bicyclic) bond motifs is 13. The van der Waals surface area contributed by atoms with E-state index in [-0.39, 0.29) is 5.41 Å². The fourth-order valence-corrected chi connectivity index (χ4v) is 10.7. The monoisotopic (exact) mass is 787 g/mol. The Bertz CT molecular complexity index is 3560. The van der Waals surface area contributed by atoms with Gasteiger partial charge in [0.15, 0.2) is 0 Å². The number of hydrogen-bond acceptors (Lipinski definition) is 4. The fraction of sp³-hybridized carbons (Fsp3) is 0.123. The Balaban J connectivity index is 0.939. The van der Waals surface area contributed by atoms with Crippen LogP contribution in [0.1, 0.15) is 66.7 Å². The third-order valence-corrected chi connectivity index (χ3v) is 13.7. The normalized spacial score (nSPS) is 15.5. The van der Waals surface area contributed by atoms with Crippen molar-refractivity contribution in [2.24, 2.45) is 0 Å². The van der Waals surface area contributed by atoms with E-state index in [1.165, 1.54) is 66.6 Å². The summed E-state index contributed by atoms with van der Waals surface area (Å²) in [5.74, 6) is 1.00. The molecule has 0 spiro atoms. The van der Waals surface area contributed by atoms with Gasteiger partial charge in [-0.05, 0) is 102 Å². The minimum atomic E-state index is -0.222. The van der Waals surface area contributed by atoms with Crippen LogP contribution >= 0.6 is 0 Å². The Kier molecular flexibility index (Phi) is 7.28. The molecule has 3 aromatic heterocycles. The van der Waals surface area contributed by atoms with E-state index in [4.69, 9.17) is 13.3 Å². The van der Waals surface area contributed by atoms with E-state index in [0.717, 1.165) is 86.9 Å². The van der Waals surface area contributed by atoms with Crippen molar-refractivity contribution >= 4 is 77.4 Å². The van der Waals surface area contributed by atoms with Gasteiger partial charge in [-0.25, -0.2) is 0 Å². The van der Waals surface area contributed by atoms with Crippen molar-refractivity contribution in [3.63, 3.8) is 0 Å². The van der Waals surface area contributed by atoms with Gasteiger partial charge in [0.1, 0.15) is 33.7 Å². The highest BCUT2D eigenvalue weighted by Gasteiger charge is 2.38. The molecular formula is C57H41NO3. The Labute approximate surface area is 353 Å². The van der Waals surface area contributed by atoms with Crippen LogP contribution in [0, 0.1) is 0 Å². The van der Waals surface area contributed by atoms with Gasteiger partial charge in [-0.2, -0.15) is 0 Å². The molecule has 0 N–H and O–H groups in total. The molecule has 0 aliphatic heterocycles. The summed E-state index contributed by atoms with van der Waals surface area (Å²) in [5, 5.41) is 5.87. The minimum Gasteiger partial charge on any atom is -0.456 e. The second kappa shape index (κ2) is 12.8. The maximum Gasteiger partial charge on any atom is 0.143 e. The Hall–Kier alpha value is -7.30. The summed E-state index contributed by atoms with van der Waals surface area (Å²) < 4.78 is 19.6. The second-order valence-corrected chi connectivity index (χ2v) is 17.4. The molecular weight excluding hydrogens is 747 g/mol. The average molecular weight is 788 g/mol. The van der Waals surface area contributed by atoms with Crippen LogP contribution in [-0.4, -0.2) is 0 Å². The van der Waals surface area contributed by atoms with Gasteiger partial charge in [-0.1, -0.05) is 129 Å². The highest BCUT2D eigenvalue weighted by atomic mass is 16.3. The highest BCUT2D eigenvalue weighted by Crippen LogP contribution is 2.54. The molecule has 7 aromatic carbocycles. The van der Waals surface area contributed by atoms with E-state index < -0.39 is 0 Å². The molecule has 292 valence electrons. The average Bonchev–Trinajstić information content (AvgIpc) is 4.05. The molecule has 13 rings (SSSR count). The van der Waals surface area contributed by atoms with Gasteiger partial charge in [-0.3, -0.25) is 0 Å². The van der Waals surface area contributed by atoms with Gasteiger partial charge in [0, 0.05) is 71.7 Å². The number of rotatable bonds is 5. The Morgan fingerprint density at radius 3 is 1.93 bits per heavy atom. The predicted molar refractivity (Wildman–Crippen MR) is 250 cm³/mol. The summed E-state index contributed by atoms with van der Waals surface area (Å²) in [6, 6.07) is 52.4. The zero-order valence-corrected chi connectivity index (χ0v) is 34.1. The number of anilines is 2. The van der Waals surface area contributed by atoms with Crippen LogP contribution < -0.4 is 4.90 Å². The first-order chi connectivity index (χ1) is 30.0.